The zero-order valence-corrected chi connectivity index (χ0v) is 9.46. The van der Waals surface area contributed by atoms with Gasteiger partial charge in [-0.2, -0.15) is 9.78 Å². The van der Waals surface area contributed by atoms with Crippen LogP contribution in [0, 0.1) is 0 Å². The molecule has 90 valence electrons. The smallest absolute Gasteiger partial charge is 0.280 e. The number of pyridine rings is 1. The van der Waals surface area contributed by atoms with Gasteiger partial charge in [-0.15, -0.1) is 0 Å². The average Bonchev–Trinajstić information content (AvgIpc) is 3.00. The van der Waals surface area contributed by atoms with Gasteiger partial charge in [0, 0.05) is 31.0 Å². The standard InChI is InChI=1S/C12H10N4O2/c17-7-10-9-5-14-6-11(9)16(15-10)12(18)8-2-1-3-13-4-8/h1-4,7,14H,5-6H2. The zero-order valence-electron chi connectivity index (χ0n) is 9.46. The maximum Gasteiger partial charge on any atom is 0.280 e. The molecule has 3 rings (SSSR count). The second kappa shape index (κ2) is 4.15. The summed E-state index contributed by atoms with van der Waals surface area (Å²) in [6.07, 6.45) is 3.76. The number of hydrogen-bond acceptors (Lipinski definition) is 5. The Balaban J connectivity index is 2.08. The molecule has 0 atom stereocenters. The Morgan fingerprint density at radius 3 is 3.06 bits per heavy atom. The molecule has 6 heteroatoms. The largest absolute Gasteiger partial charge is 0.307 e. The summed E-state index contributed by atoms with van der Waals surface area (Å²) in [5.41, 5.74) is 2.34. The summed E-state index contributed by atoms with van der Waals surface area (Å²) in [6.45, 7) is 1.12. The van der Waals surface area contributed by atoms with Crippen LogP contribution in [0.15, 0.2) is 24.5 Å². The summed E-state index contributed by atoms with van der Waals surface area (Å²) in [5, 5.41) is 7.16. The fraction of sp³-hybridized carbons (Fsp3) is 0.167. The van der Waals surface area contributed by atoms with E-state index in [0.29, 0.717) is 30.6 Å². The summed E-state index contributed by atoms with van der Waals surface area (Å²) in [7, 11) is 0. The second-order valence-corrected chi connectivity index (χ2v) is 3.99. The fourth-order valence-corrected chi connectivity index (χ4v) is 2.06. The van der Waals surface area contributed by atoms with Crippen molar-refractivity contribution >= 4 is 12.2 Å². The molecule has 0 aromatic carbocycles. The van der Waals surface area contributed by atoms with Crippen LogP contribution >= 0.6 is 0 Å². The normalized spacial score (nSPS) is 13.3. The molecule has 0 radical (unpaired) electrons. The van der Waals surface area contributed by atoms with Crippen LogP contribution in [0.4, 0.5) is 0 Å². The van der Waals surface area contributed by atoms with E-state index in [4.69, 9.17) is 0 Å². The minimum atomic E-state index is -0.267. The van der Waals surface area contributed by atoms with Crippen LogP contribution in [-0.4, -0.2) is 27.0 Å². The Labute approximate surface area is 103 Å². The van der Waals surface area contributed by atoms with Crippen molar-refractivity contribution < 1.29 is 9.59 Å². The molecule has 0 unspecified atom stereocenters. The molecule has 3 heterocycles. The molecule has 18 heavy (non-hydrogen) atoms. The van der Waals surface area contributed by atoms with E-state index >= 15 is 0 Å². The van der Waals surface area contributed by atoms with E-state index in [2.05, 4.69) is 15.4 Å². The number of carbonyl (C=O) groups excluding carboxylic acids is 2. The molecule has 1 aliphatic heterocycles. The van der Waals surface area contributed by atoms with Crippen molar-refractivity contribution in [3.8, 4) is 0 Å². The number of carbonyl (C=O) groups is 2. The molecule has 1 N–H and O–H groups in total. The van der Waals surface area contributed by atoms with Crippen molar-refractivity contribution in [3.63, 3.8) is 0 Å². The topological polar surface area (TPSA) is 76.9 Å². The molecule has 0 amide bonds. The van der Waals surface area contributed by atoms with Gasteiger partial charge in [-0.1, -0.05) is 0 Å². The van der Waals surface area contributed by atoms with Gasteiger partial charge in [0.1, 0.15) is 5.69 Å². The summed E-state index contributed by atoms with van der Waals surface area (Å²) < 4.78 is 1.29. The van der Waals surface area contributed by atoms with Crippen molar-refractivity contribution in [2.24, 2.45) is 0 Å². The number of nitrogens with one attached hydrogen (secondary N) is 1. The molecule has 0 spiro atoms. The molecule has 0 saturated heterocycles. The van der Waals surface area contributed by atoms with Crippen molar-refractivity contribution in [2.75, 3.05) is 0 Å². The van der Waals surface area contributed by atoms with Crippen LogP contribution in [0.1, 0.15) is 32.1 Å². The lowest BCUT2D eigenvalue weighted by molar-refractivity contribution is 0.0940. The summed E-state index contributed by atoms with van der Waals surface area (Å²) in [6, 6.07) is 3.36. The summed E-state index contributed by atoms with van der Waals surface area (Å²) >= 11 is 0. The lowest BCUT2D eigenvalue weighted by atomic mass is 10.2. The molecule has 0 saturated carbocycles. The van der Waals surface area contributed by atoms with Crippen LogP contribution in [-0.2, 0) is 13.1 Å². The highest BCUT2D eigenvalue weighted by molar-refractivity contribution is 5.96. The maximum atomic E-state index is 12.3. The zero-order chi connectivity index (χ0) is 12.5. The van der Waals surface area contributed by atoms with E-state index in [0.717, 1.165) is 11.3 Å². The van der Waals surface area contributed by atoms with Crippen molar-refractivity contribution in [1.29, 1.82) is 0 Å². The molecule has 0 bridgehead atoms. The number of rotatable bonds is 2. The highest BCUT2D eigenvalue weighted by Crippen LogP contribution is 2.19. The van der Waals surface area contributed by atoms with Gasteiger partial charge in [0.15, 0.2) is 6.29 Å². The Hall–Kier alpha value is -2.34. The van der Waals surface area contributed by atoms with Crippen LogP contribution in [0.5, 0.6) is 0 Å². The first-order valence-electron chi connectivity index (χ1n) is 5.52. The molecule has 2 aromatic heterocycles. The van der Waals surface area contributed by atoms with E-state index in [1.807, 2.05) is 0 Å². The molecule has 2 aromatic rings. The molecule has 6 nitrogen and oxygen atoms in total. The monoisotopic (exact) mass is 242 g/mol. The number of nitrogens with zero attached hydrogens (tertiary/aromatic N) is 3. The van der Waals surface area contributed by atoms with Crippen LogP contribution in [0.3, 0.4) is 0 Å². The van der Waals surface area contributed by atoms with E-state index in [-0.39, 0.29) is 5.91 Å². The van der Waals surface area contributed by atoms with E-state index in [1.54, 1.807) is 18.3 Å². The number of aromatic nitrogens is 3. The highest BCUT2D eigenvalue weighted by atomic mass is 16.2. The van der Waals surface area contributed by atoms with Gasteiger partial charge in [-0.25, -0.2) is 0 Å². The molecular weight excluding hydrogens is 232 g/mol. The van der Waals surface area contributed by atoms with Gasteiger partial charge >= 0.3 is 0 Å². The highest BCUT2D eigenvalue weighted by Gasteiger charge is 2.25. The molecule has 0 fully saturated rings. The minimum Gasteiger partial charge on any atom is -0.307 e. The average molecular weight is 242 g/mol. The van der Waals surface area contributed by atoms with Gasteiger partial charge in [0.25, 0.3) is 5.91 Å². The Bertz CT molecular complexity index is 619. The number of hydrogen-bond donors (Lipinski definition) is 1. The fourth-order valence-electron chi connectivity index (χ4n) is 2.06. The van der Waals surface area contributed by atoms with Gasteiger partial charge in [0.2, 0.25) is 0 Å². The van der Waals surface area contributed by atoms with E-state index in [9.17, 15) is 9.59 Å². The van der Waals surface area contributed by atoms with Gasteiger partial charge < -0.3 is 5.32 Å². The number of aldehydes is 1. The Morgan fingerprint density at radius 2 is 2.33 bits per heavy atom. The van der Waals surface area contributed by atoms with Gasteiger partial charge in [0.05, 0.1) is 11.3 Å². The van der Waals surface area contributed by atoms with Gasteiger partial charge in [-0.3, -0.25) is 14.6 Å². The van der Waals surface area contributed by atoms with Crippen LogP contribution in [0.2, 0.25) is 0 Å². The summed E-state index contributed by atoms with van der Waals surface area (Å²) in [5.74, 6) is -0.267. The maximum absolute atomic E-state index is 12.3. The molecule has 1 aliphatic rings. The van der Waals surface area contributed by atoms with Gasteiger partial charge in [-0.05, 0) is 12.1 Å². The quantitative estimate of drug-likeness (QED) is 0.770. The first-order valence-corrected chi connectivity index (χ1v) is 5.52. The first kappa shape index (κ1) is 10.8. The third-order valence-corrected chi connectivity index (χ3v) is 2.93. The third-order valence-electron chi connectivity index (χ3n) is 2.93. The Morgan fingerprint density at radius 1 is 1.44 bits per heavy atom. The molecular formula is C12H10N4O2. The first-order chi connectivity index (χ1) is 8.81. The van der Waals surface area contributed by atoms with Crippen molar-refractivity contribution in [1.82, 2.24) is 20.1 Å². The van der Waals surface area contributed by atoms with E-state index in [1.165, 1.54) is 10.9 Å². The SMILES string of the molecule is O=Cc1nn(C(=O)c2cccnc2)c2c1CNC2. The third kappa shape index (κ3) is 1.54. The van der Waals surface area contributed by atoms with E-state index < -0.39 is 0 Å². The van der Waals surface area contributed by atoms with Crippen molar-refractivity contribution in [3.05, 3.63) is 47.0 Å². The summed E-state index contributed by atoms with van der Waals surface area (Å²) in [4.78, 5) is 27.1. The van der Waals surface area contributed by atoms with Crippen molar-refractivity contribution in [2.45, 2.75) is 13.1 Å². The predicted octanol–water partition coefficient (Wildman–Crippen LogP) is 0.382. The lowest BCUT2D eigenvalue weighted by Gasteiger charge is -2.03. The second-order valence-electron chi connectivity index (χ2n) is 3.99. The predicted molar refractivity (Wildman–Crippen MR) is 62.1 cm³/mol. The Kier molecular flexibility index (Phi) is 2.49. The molecule has 0 aliphatic carbocycles. The minimum absolute atomic E-state index is 0.267. The van der Waals surface area contributed by atoms with Crippen LogP contribution in [0.25, 0.3) is 0 Å². The lowest BCUT2D eigenvalue weighted by Crippen LogP contribution is -2.18. The van der Waals surface area contributed by atoms with Crippen LogP contribution < -0.4 is 5.32 Å². The number of fused-ring (bicyclic) bond motifs is 1.